The number of nitrogens with zero attached hydrogens (tertiary/aromatic N) is 1. The first-order chi connectivity index (χ1) is 4.72. The molecular weight excluding hydrogens is 256 g/mol. The first kappa shape index (κ1) is 10.7. The van der Waals surface area contributed by atoms with Gasteiger partial charge in [0.05, 0.1) is 0 Å². The summed E-state index contributed by atoms with van der Waals surface area (Å²) in [7, 11) is 0. The Kier molecular flexibility index (Phi) is 6.88. The Morgan fingerprint density at radius 3 is 1.90 bits per heavy atom. The van der Waals surface area contributed by atoms with Gasteiger partial charge in [-0.05, 0) is 0 Å². The average Bonchev–Trinajstić information content (AvgIpc) is 1.87. The summed E-state index contributed by atoms with van der Waals surface area (Å²) in [6.45, 7) is 6.71. The van der Waals surface area contributed by atoms with E-state index in [1.807, 2.05) is 0 Å². The van der Waals surface area contributed by atoms with Gasteiger partial charge >= 0.3 is 79.7 Å². The fourth-order valence-corrected chi connectivity index (χ4v) is 1.60. The summed E-state index contributed by atoms with van der Waals surface area (Å²) < 4.78 is 1.20. The fraction of sp³-hybridized carbons (Fsp3) is 0.857. The van der Waals surface area contributed by atoms with Crippen LogP contribution in [-0.2, 0) is 0 Å². The molecule has 0 aliphatic carbocycles. The summed E-state index contributed by atoms with van der Waals surface area (Å²) in [6, 6.07) is 0. The molecule has 0 aromatic rings. The summed E-state index contributed by atoms with van der Waals surface area (Å²) in [5, 5.41) is 0. The Balaban J connectivity index is 3.61. The van der Waals surface area contributed by atoms with Crippen molar-refractivity contribution >= 4 is 35.0 Å². The van der Waals surface area contributed by atoms with Crippen LogP contribution in [0.15, 0.2) is 0 Å². The first-order valence-electron chi connectivity index (χ1n) is 3.68. The average molecular weight is 270 g/mol. The van der Waals surface area contributed by atoms with Gasteiger partial charge in [0, 0.05) is 0 Å². The van der Waals surface area contributed by atoms with E-state index in [1.54, 1.807) is 0 Å². The van der Waals surface area contributed by atoms with Gasteiger partial charge in [0.25, 0.3) is 0 Å². The zero-order chi connectivity index (χ0) is 7.98. The van der Waals surface area contributed by atoms with E-state index in [-0.39, 0.29) is 0 Å². The first-order valence-corrected chi connectivity index (χ1v) is 5.39. The summed E-state index contributed by atoms with van der Waals surface area (Å²) in [6.07, 6.45) is 2.43. The number of hydrogen-bond donors (Lipinski definition) is 0. The molecule has 0 radical (unpaired) electrons. The van der Waals surface area contributed by atoms with Crippen LogP contribution in [-0.4, -0.2) is 53.0 Å². The van der Waals surface area contributed by atoms with Crippen molar-refractivity contribution in [2.75, 3.05) is 13.1 Å². The van der Waals surface area contributed by atoms with Crippen molar-refractivity contribution < 1.29 is 0 Å². The molecule has 0 unspecified atom stereocenters. The van der Waals surface area contributed by atoms with Gasteiger partial charge in [-0.15, -0.1) is 0 Å². The quantitative estimate of drug-likeness (QED) is 0.659. The maximum absolute atomic E-state index is 3.00. The third kappa shape index (κ3) is 4.51. The standard InChI is InChI=1S/C7H15NSe2/c1-3-5-8(6-4-2)7(9)10/h3-6H2,1-2H3,(H,9,10)/p-1. The van der Waals surface area contributed by atoms with E-state index in [4.69, 9.17) is 0 Å². The van der Waals surface area contributed by atoms with Crippen molar-refractivity contribution in [1.82, 2.24) is 4.90 Å². The molecule has 0 atom stereocenters. The van der Waals surface area contributed by atoms with Crippen LogP contribution in [0.1, 0.15) is 26.7 Å². The summed E-state index contributed by atoms with van der Waals surface area (Å²) >= 11 is 5.99. The zero-order valence-corrected chi connectivity index (χ0v) is 10.0. The van der Waals surface area contributed by atoms with Crippen LogP contribution in [0.5, 0.6) is 0 Å². The molecule has 0 N–H and O–H groups in total. The Labute approximate surface area is 79.7 Å². The predicted molar refractivity (Wildman–Crippen MR) is 48.7 cm³/mol. The van der Waals surface area contributed by atoms with Gasteiger partial charge in [-0.2, -0.15) is 0 Å². The maximum atomic E-state index is 3.00. The second-order valence-electron chi connectivity index (χ2n) is 2.25. The topological polar surface area (TPSA) is 3.24 Å². The van der Waals surface area contributed by atoms with Gasteiger partial charge in [-0.25, -0.2) is 0 Å². The van der Waals surface area contributed by atoms with Crippen LogP contribution >= 0.6 is 0 Å². The molecule has 0 fully saturated rings. The summed E-state index contributed by atoms with van der Waals surface area (Å²) in [5.74, 6) is 0. The van der Waals surface area contributed by atoms with Crippen LogP contribution in [0, 0.1) is 0 Å². The molecular formula is C7H14NSe2-. The van der Waals surface area contributed by atoms with E-state index in [0.717, 1.165) is 13.1 Å². The van der Waals surface area contributed by atoms with Crippen LogP contribution in [0.3, 0.4) is 0 Å². The molecule has 0 amide bonds. The molecule has 0 aromatic heterocycles. The van der Waals surface area contributed by atoms with Crippen LogP contribution in [0.2, 0.25) is 0 Å². The van der Waals surface area contributed by atoms with Gasteiger partial charge in [0.2, 0.25) is 0 Å². The summed E-state index contributed by atoms with van der Waals surface area (Å²) in [5.41, 5.74) is 0. The Hall–Kier alpha value is 0.709. The minimum atomic E-state index is 1.16. The molecule has 0 saturated heterocycles. The molecule has 0 aromatic carbocycles. The van der Waals surface area contributed by atoms with E-state index in [9.17, 15) is 0 Å². The second-order valence-corrected chi connectivity index (χ2v) is 5.19. The molecule has 0 spiro atoms. The van der Waals surface area contributed by atoms with E-state index in [1.165, 1.54) is 16.3 Å². The molecule has 1 nitrogen and oxygen atoms in total. The van der Waals surface area contributed by atoms with Gasteiger partial charge in [0.1, 0.15) is 0 Å². The van der Waals surface area contributed by atoms with Crippen molar-refractivity contribution in [2.45, 2.75) is 26.7 Å². The minimum absolute atomic E-state index is 1.16. The van der Waals surface area contributed by atoms with E-state index < -0.39 is 0 Å². The monoisotopic (exact) mass is 272 g/mol. The Morgan fingerprint density at radius 2 is 1.70 bits per heavy atom. The van der Waals surface area contributed by atoms with Gasteiger partial charge < -0.3 is 0 Å². The molecule has 3 heteroatoms. The van der Waals surface area contributed by atoms with E-state index in [0.29, 0.717) is 0 Å². The predicted octanol–water partition coefficient (Wildman–Crippen LogP) is 0.533. The molecule has 60 valence electrons. The molecule has 0 saturated carbocycles. The van der Waals surface area contributed by atoms with Crippen LogP contribution < -0.4 is 0 Å². The third-order valence-electron chi connectivity index (χ3n) is 1.25. The number of rotatable bonds is 5. The van der Waals surface area contributed by atoms with Crippen LogP contribution in [0.4, 0.5) is 0 Å². The van der Waals surface area contributed by atoms with E-state index >= 15 is 0 Å². The zero-order valence-electron chi connectivity index (χ0n) is 6.59. The van der Waals surface area contributed by atoms with Crippen molar-refractivity contribution in [3.63, 3.8) is 0 Å². The summed E-state index contributed by atoms with van der Waals surface area (Å²) in [4.78, 5) is 2.33. The molecule has 0 aliphatic rings. The SMILES string of the molecule is CCCN(CCC)C(=[Se])[Se-]. The Bertz CT molecular complexity index is 97.8. The second kappa shape index (κ2) is 6.42. The van der Waals surface area contributed by atoms with Gasteiger partial charge in [0.15, 0.2) is 0 Å². The third-order valence-corrected chi connectivity index (χ3v) is 2.33. The van der Waals surface area contributed by atoms with Crippen molar-refractivity contribution in [1.29, 1.82) is 0 Å². The van der Waals surface area contributed by atoms with Crippen molar-refractivity contribution in [3.8, 4) is 0 Å². The Morgan fingerprint density at radius 1 is 1.30 bits per heavy atom. The number of hydrogen-bond acceptors (Lipinski definition) is 1. The molecule has 0 heterocycles. The molecule has 0 rings (SSSR count). The fourth-order valence-electron chi connectivity index (χ4n) is 0.834. The molecule has 0 bridgehead atoms. The molecule has 0 aliphatic heterocycles. The molecule has 10 heavy (non-hydrogen) atoms. The van der Waals surface area contributed by atoms with Gasteiger partial charge in [-0.1, -0.05) is 0 Å². The normalized spacial score (nSPS) is 9.40. The van der Waals surface area contributed by atoms with E-state index in [2.05, 4.69) is 50.3 Å². The van der Waals surface area contributed by atoms with Crippen molar-refractivity contribution in [2.24, 2.45) is 0 Å². The van der Waals surface area contributed by atoms with Gasteiger partial charge in [-0.3, -0.25) is 0 Å². The van der Waals surface area contributed by atoms with Crippen LogP contribution in [0.25, 0.3) is 0 Å². The van der Waals surface area contributed by atoms with Crippen molar-refractivity contribution in [3.05, 3.63) is 0 Å².